The van der Waals surface area contributed by atoms with Crippen LogP contribution in [0.2, 0.25) is 0 Å². The summed E-state index contributed by atoms with van der Waals surface area (Å²) >= 11 is 1.03. The molecule has 9 nitrogen and oxygen atoms in total. The first kappa shape index (κ1) is 19.6. The molecular formula is C18H20N6O3S. The van der Waals surface area contributed by atoms with Crippen LogP contribution in [0.4, 0.5) is 4.79 Å². The van der Waals surface area contributed by atoms with Crippen molar-refractivity contribution in [2.75, 3.05) is 5.75 Å². The fourth-order valence-electron chi connectivity index (χ4n) is 2.38. The highest BCUT2D eigenvalue weighted by atomic mass is 32.2. The van der Waals surface area contributed by atoms with E-state index in [0.29, 0.717) is 11.0 Å². The highest BCUT2D eigenvalue weighted by molar-refractivity contribution is 7.99. The van der Waals surface area contributed by atoms with E-state index in [2.05, 4.69) is 25.7 Å². The maximum atomic E-state index is 12.3. The Hall–Kier alpha value is -3.14. The van der Waals surface area contributed by atoms with Gasteiger partial charge in [0.05, 0.1) is 17.6 Å². The molecule has 1 atom stereocenters. The Morgan fingerprint density at radius 3 is 2.75 bits per heavy atom. The van der Waals surface area contributed by atoms with Gasteiger partial charge in [0, 0.05) is 6.04 Å². The molecule has 0 aliphatic heterocycles. The summed E-state index contributed by atoms with van der Waals surface area (Å²) in [5.41, 5.74) is 0.822. The third-order valence-electron chi connectivity index (χ3n) is 4.00. The molecule has 28 heavy (non-hydrogen) atoms. The first-order valence-corrected chi connectivity index (χ1v) is 9.73. The number of benzene rings is 1. The topological polar surface area (TPSA) is 122 Å². The molecule has 0 spiro atoms. The summed E-state index contributed by atoms with van der Waals surface area (Å²) in [6.07, 6.45) is 2.21. The van der Waals surface area contributed by atoms with Crippen molar-refractivity contribution in [2.45, 2.75) is 31.5 Å². The zero-order valence-corrected chi connectivity index (χ0v) is 16.2. The van der Waals surface area contributed by atoms with Crippen molar-refractivity contribution in [2.24, 2.45) is 0 Å². The quantitative estimate of drug-likeness (QED) is 0.429. The molecule has 146 valence electrons. The van der Waals surface area contributed by atoms with E-state index in [1.54, 1.807) is 4.68 Å². The minimum absolute atomic E-state index is 0.0286. The summed E-state index contributed by atoms with van der Waals surface area (Å²) in [5, 5.41) is 9.75. The SMILES string of the molecule is CCC(C)NC(=O)NC(=O)CSc1nc2c(cnn2-c2ccccc2)c(=O)[nH]1. The van der Waals surface area contributed by atoms with E-state index in [1.807, 2.05) is 44.2 Å². The van der Waals surface area contributed by atoms with Crippen molar-refractivity contribution >= 4 is 34.7 Å². The lowest BCUT2D eigenvalue weighted by Crippen LogP contribution is -2.43. The minimum atomic E-state index is -0.543. The van der Waals surface area contributed by atoms with Crippen LogP contribution in [0.25, 0.3) is 16.7 Å². The Labute approximate surface area is 164 Å². The lowest BCUT2D eigenvalue weighted by atomic mass is 10.3. The van der Waals surface area contributed by atoms with E-state index in [9.17, 15) is 14.4 Å². The Kier molecular flexibility index (Phi) is 6.09. The number of H-pyrrole nitrogens is 1. The minimum Gasteiger partial charge on any atom is -0.335 e. The molecule has 3 rings (SSSR count). The number of aromatic amines is 1. The van der Waals surface area contributed by atoms with E-state index in [-0.39, 0.29) is 22.5 Å². The van der Waals surface area contributed by atoms with Gasteiger partial charge in [-0.2, -0.15) is 5.10 Å². The number of carbonyl (C=O) groups excluding carboxylic acids is 2. The van der Waals surface area contributed by atoms with Gasteiger partial charge >= 0.3 is 6.03 Å². The third-order valence-corrected chi connectivity index (χ3v) is 4.87. The van der Waals surface area contributed by atoms with Crippen molar-refractivity contribution in [1.29, 1.82) is 0 Å². The van der Waals surface area contributed by atoms with Gasteiger partial charge in [-0.05, 0) is 25.5 Å². The summed E-state index contributed by atoms with van der Waals surface area (Å²) in [6.45, 7) is 3.78. The molecule has 3 amide bonds. The van der Waals surface area contributed by atoms with Gasteiger partial charge in [0.2, 0.25) is 5.91 Å². The standard InChI is InChI=1S/C18H20N6O3S/c1-3-11(2)20-17(27)21-14(25)10-28-18-22-15-13(16(26)23-18)9-19-24(15)12-7-5-4-6-8-12/h4-9,11H,3,10H2,1-2H3,(H,22,23,26)(H2,20,21,25,27). The van der Waals surface area contributed by atoms with E-state index < -0.39 is 11.9 Å². The van der Waals surface area contributed by atoms with Crippen LogP contribution in [0.15, 0.2) is 46.5 Å². The van der Waals surface area contributed by atoms with Crippen LogP contribution in [0.5, 0.6) is 0 Å². The van der Waals surface area contributed by atoms with Crippen LogP contribution in [0.1, 0.15) is 20.3 Å². The molecule has 0 saturated carbocycles. The number of amides is 3. The number of urea groups is 1. The molecule has 0 radical (unpaired) electrons. The Balaban J connectivity index is 1.73. The molecule has 0 aliphatic carbocycles. The summed E-state index contributed by atoms with van der Waals surface area (Å²) < 4.78 is 1.56. The number of nitrogens with one attached hydrogen (secondary N) is 3. The number of rotatable bonds is 6. The van der Waals surface area contributed by atoms with Gasteiger partial charge in [-0.1, -0.05) is 36.9 Å². The molecule has 0 fully saturated rings. The Morgan fingerprint density at radius 1 is 1.29 bits per heavy atom. The summed E-state index contributed by atoms with van der Waals surface area (Å²) in [4.78, 5) is 43.0. The zero-order chi connectivity index (χ0) is 20.1. The fraction of sp³-hybridized carbons (Fsp3) is 0.278. The van der Waals surface area contributed by atoms with E-state index in [0.717, 1.165) is 23.9 Å². The molecule has 0 bridgehead atoms. The number of aromatic nitrogens is 4. The van der Waals surface area contributed by atoms with Gasteiger partial charge in [0.1, 0.15) is 5.39 Å². The number of carbonyl (C=O) groups is 2. The average Bonchev–Trinajstić information content (AvgIpc) is 3.11. The first-order chi connectivity index (χ1) is 13.5. The predicted molar refractivity (Wildman–Crippen MR) is 107 cm³/mol. The van der Waals surface area contributed by atoms with Gasteiger partial charge in [-0.15, -0.1) is 0 Å². The normalized spacial score (nSPS) is 11.9. The largest absolute Gasteiger partial charge is 0.335 e. The molecular weight excluding hydrogens is 380 g/mol. The van der Waals surface area contributed by atoms with Crippen molar-refractivity contribution in [3.8, 4) is 5.69 Å². The fourth-order valence-corrected chi connectivity index (χ4v) is 3.04. The van der Waals surface area contributed by atoms with Crippen LogP contribution >= 0.6 is 11.8 Å². The van der Waals surface area contributed by atoms with Crippen molar-refractivity contribution in [3.05, 3.63) is 46.9 Å². The maximum absolute atomic E-state index is 12.3. The highest BCUT2D eigenvalue weighted by Gasteiger charge is 2.14. The van der Waals surface area contributed by atoms with Crippen LogP contribution in [0.3, 0.4) is 0 Å². The maximum Gasteiger partial charge on any atom is 0.321 e. The second kappa shape index (κ2) is 8.70. The molecule has 3 aromatic rings. The van der Waals surface area contributed by atoms with Crippen molar-refractivity contribution < 1.29 is 9.59 Å². The van der Waals surface area contributed by atoms with Crippen LogP contribution in [0, 0.1) is 0 Å². The second-order valence-electron chi connectivity index (χ2n) is 6.12. The Morgan fingerprint density at radius 2 is 2.04 bits per heavy atom. The third kappa shape index (κ3) is 4.58. The highest BCUT2D eigenvalue weighted by Crippen LogP contribution is 2.17. The number of fused-ring (bicyclic) bond motifs is 1. The van der Waals surface area contributed by atoms with E-state index in [4.69, 9.17) is 0 Å². The van der Waals surface area contributed by atoms with E-state index in [1.165, 1.54) is 6.20 Å². The molecule has 1 unspecified atom stereocenters. The van der Waals surface area contributed by atoms with Gasteiger partial charge in [-0.3, -0.25) is 14.9 Å². The van der Waals surface area contributed by atoms with Crippen LogP contribution < -0.4 is 16.2 Å². The summed E-state index contributed by atoms with van der Waals surface area (Å²) in [6, 6.07) is 8.74. The average molecular weight is 400 g/mol. The molecule has 3 N–H and O–H groups in total. The molecule has 0 saturated heterocycles. The van der Waals surface area contributed by atoms with Gasteiger partial charge < -0.3 is 10.3 Å². The number of para-hydroxylation sites is 1. The number of nitrogens with zero attached hydrogens (tertiary/aromatic N) is 3. The van der Waals surface area contributed by atoms with Crippen molar-refractivity contribution in [3.63, 3.8) is 0 Å². The van der Waals surface area contributed by atoms with Gasteiger partial charge in [-0.25, -0.2) is 14.5 Å². The molecule has 2 aromatic heterocycles. The zero-order valence-electron chi connectivity index (χ0n) is 15.4. The monoisotopic (exact) mass is 400 g/mol. The lowest BCUT2D eigenvalue weighted by molar-refractivity contribution is -0.117. The van der Waals surface area contributed by atoms with Crippen molar-refractivity contribution in [1.82, 2.24) is 30.4 Å². The number of thioether (sulfide) groups is 1. The molecule has 1 aromatic carbocycles. The Bertz CT molecular complexity index is 1050. The van der Waals surface area contributed by atoms with Crippen LogP contribution in [-0.2, 0) is 4.79 Å². The summed E-state index contributed by atoms with van der Waals surface area (Å²) in [7, 11) is 0. The molecule has 10 heteroatoms. The number of hydrogen-bond donors (Lipinski definition) is 3. The van der Waals surface area contributed by atoms with Crippen LogP contribution in [-0.4, -0.2) is 43.5 Å². The van der Waals surface area contributed by atoms with Gasteiger partial charge in [0.15, 0.2) is 10.8 Å². The van der Waals surface area contributed by atoms with E-state index >= 15 is 0 Å². The van der Waals surface area contributed by atoms with Gasteiger partial charge in [0.25, 0.3) is 5.56 Å². The predicted octanol–water partition coefficient (Wildman–Crippen LogP) is 1.83. The number of imide groups is 1. The second-order valence-corrected chi connectivity index (χ2v) is 7.08. The summed E-state index contributed by atoms with van der Waals surface area (Å²) in [5.74, 6) is -0.549. The smallest absolute Gasteiger partial charge is 0.321 e. The number of hydrogen-bond acceptors (Lipinski definition) is 6. The first-order valence-electron chi connectivity index (χ1n) is 8.74. The molecule has 2 heterocycles. The molecule has 0 aliphatic rings. The lowest BCUT2D eigenvalue weighted by Gasteiger charge is -2.11.